The third-order valence-electron chi connectivity index (χ3n) is 2.89. The Morgan fingerprint density at radius 2 is 1.95 bits per heavy atom. The zero-order valence-electron chi connectivity index (χ0n) is 11.3. The number of hydrogen-bond acceptors (Lipinski definition) is 5. The zero-order valence-corrected chi connectivity index (χ0v) is 11.3. The van der Waals surface area contributed by atoms with Gasteiger partial charge in [-0.15, -0.1) is 0 Å². The Balaban J connectivity index is 2.23. The summed E-state index contributed by atoms with van der Waals surface area (Å²) in [7, 11) is 0. The first-order valence-corrected chi connectivity index (χ1v) is 6.68. The number of ether oxygens (including phenoxy) is 2. The molecular formula is C13H22N2O4. The van der Waals surface area contributed by atoms with E-state index in [4.69, 9.17) is 10.5 Å². The van der Waals surface area contributed by atoms with Gasteiger partial charge in [0.25, 0.3) is 0 Å². The molecule has 0 spiro atoms. The minimum atomic E-state index is -0.531. The highest BCUT2D eigenvalue weighted by Crippen LogP contribution is 2.17. The fraction of sp³-hybridized carbons (Fsp3) is 0.692. The Kier molecular flexibility index (Phi) is 6.78. The van der Waals surface area contributed by atoms with Crippen molar-refractivity contribution in [2.75, 3.05) is 13.2 Å². The van der Waals surface area contributed by atoms with E-state index in [0.717, 1.165) is 31.8 Å². The molecule has 0 aromatic carbocycles. The van der Waals surface area contributed by atoms with E-state index in [1.54, 1.807) is 6.92 Å². The number of nitrogens with two attached hydrogens (primary N) is 1. The lowest BCUT2D eigenvalue weighted by Gasteiger charge is -2.22. The van der Waals surface area contributed by atoms with E-state index in [9.17, 15) is 9.59 Å². The van der Waals surface area contributed by atoms with Crippen molar-refractivity contribution >= 4 is 12.1 Å². The van der Waals surface area contributed by atoms with E-state index >= 15 is 0 Å². The van der Waals surface area contributed by atoms with E-state index in [1.165, 1.54) is 6.42 Å². The van der Waals surface area contributed by atoms with Crippen molar-refractivity contribution in [3.8, 4) is 0 Å². The van der Waals surface area contributed by atoms with Crippen LogP contribution >= 0.6 is 0 Å². The highest BCUT2D eigenvalue weighted by atomic mass is 16.5. The van der Waals surface area contributed by atoms with Gasteiger partial charge < -0.3 is 20.5 Å². The van der Waals surface area contributed by atoms with Crippen LogP contribution in [-0.4, -0.2) is 31.3 Å². The summed E-state index contributed by atoms with van der Waals surface area (Å²) < 4.78 is 9.62. The Morgan fingerprint density at radius 1 is 1.26 bits per heavy atom. The number of alkyl carbamates (subject to hydrolysis) is 1. The molecule has 0 saturated heterocycles. The summed E-state index contributed by atoms with van der Waals surface area (Å²) in [6.07, 6.45) is 6.10. The topological polar surface area (TPSA) is 90.7 Å². The maximum atomic E-state index is 11.5. The maximum absolute atomic E-state index is 11.5. The molecule has 1 aliphatic rings. The normalized spacial score (nSPS) is 16.8. The first kappa shape index (κ1) is 15.3. The van der Waals surface area contributed by atoms with Crippen LogP contribution in [-0.2, 0) is 14.3 Å². The molecule has 1 aliphatic carbocycles. The fourth-order valence-corrected chi connectivity index (χ4v) is 1.98. The minimum Gasteiger partial charge on any atom is -0.463 e. The summed E-state index contributed by atoms with van der Waals surface area (Å²) in [5.41, 5.74) is 5.71. The van der Waals surface area contributed by atoms with Crippen LogP contribution in [0.25, 0.3) is 0 Å². The predicted molar refractivity (Wildman–Crippen MR) is 70.3 cm³/mol. The highest BCUT2D eigenvalue weighted by Gasteiger charge is 2.16. The second-order valence-corrected chi connectivity index (χ2v) is 4.53. The van der Waals surface area contributed by atoms with Gasteiger partial charge in [0.2, 0.25) is 0 Å². The lowest BCUT2D eigenvalue weighted by molar-refractivity contribution is -0.137. The molecule has 0 aromatic rings. The number of carbonyl (C=O) groups is 2. The Hall–Kier alpha value is -1.72. The van der Waals surface area contributed by atoms with Crippen LogP contribution in [0.3, 0.4) is 0 Å². The molecule has 6 heteroatoms. The third kappa shape index (κ3) is 6.69. The van der Waals surface area contributed by atoms with Gasteiger partial charge in [-0.2, -0.15) is 0 Å². The lowest BCUT2D eigenvalue weighted by Crippen LogP contribution is -2.37. The molecule has 0 atom stereocenters. The monoisotopic (exact) mass is 270 g/mol. The van der Waals surface area contributed by atoms with Crippen molar-refractivity contribution in [1.29, 1.82) is 0 Å². The lowest BCUT2D eigenvalue weighted by atomic mass is 9.96. The SMILES string of the molecule is CCOC(=O)/C=C(\N)COC(=O)NC1CCCCC1. The van der Waals surface area contributed by atoms with Gasteiger partial charge in [0.15, 0.2) is 0 Å². The second-order valence-electron chi connectivity index (χ2n) is 4.53. The molecule has 0 unspecified atom stereocenters. The second kappa shape index (κ2) is 8.39. The van der Waals surface area contributed by atoms with Crippen molar-refractivity contribution in [2.24, 2.45) is 5.73 Å². The van der Waals surface area contributed by atoms with Gasteiger partial charge in [0.1, 0.15) is 6.61 Å². The number of esters is 1. The molecule has 3 N–H and O–H groups in total. The molecule has 1 saturated carbocycles. The van der Waals surface area contributed by atoms with Gasteiger partial charge in [-0.1, -0.05) is 19.3 Å². The highest BCUT2D eigenvalue weighted by molar-refractivity contribution is 5.82. The van der Waals surface area contributed by atoms with Crippen LogP contribution in [0.2, 0.25) is 0 Å². The molecule has 6 nitrogen and oxygen atoms in total. The fourth-order valence-electron chi connectivity index (χ4n) is 1.98. The van der Waals surface area contributed by atoms with Crippen molar-refractivity contribution < 1.29 is 19.1 Å². The minimum absolute atomic E-state index is 0.114. The number of rotatable bonds is 5. The number of hydrogen-bond donors (Lipinski definition) is 2. The van der Waals surface area contributed by atoms with Crippen LogP contribution in [0.15, 0.2) is 11.8 Å². The Morgan fingerprint density at radius 3 is 2.58 bits per heavy atom. The third-order valence-corrected chi connectivity index (χ3v) is 2.89. The van der Waals surface area contributed by atoms with Crippen LogP contribution < -0.4 is 11.1 Å². The maximum Gasteiger partial charge on any atom is 0.407 e. The average Bonchev–Trinajstić information content (AvgIpc) is 2.38. The van der Waals surface area contributed by atoms with Gasteiger partial charge in [-0.05, 0) is 19.8 Å². The number of amides is 1. The largest absolute Gasteiger partial charge is 0.463 e. The summed E-state index contributed by atoms with van der Waals surface area (Å²) in [4.78, 5) is 22.6. The number of carbonyl (C=O) groups excluding carboxylic acids is 2. The van der Waals surface area contributed by atoms with Gasteiger partial charge in [0, 0.05) is 12.1 Å². The van der Waals surface area contributed by atoms with Crippen molar-refractivity contribution in [3.05, 3.63) is 11.8 Å². The molecule has 1 fully saturated rings. The van der Waals surface area contributed by atoms with Gasteiger partial charge >= 0.3 is 12.1 Å². The molecule has 0 aromatic heterocycles. The molecule has 108 valence electrons. The van der Waals surface area contributed by atoms with Crippen LogP contribution in [0.5, 0.6) is 0 Å². The predicted octanol–water partition coefficient (Wildman–Crippen LogP) is 1.45. The molecule has 1 amide bonds. The van der Waals surface area contributed by atoms with E-state index < -0.39 is 12.1 Å². The van der Waals surface area contributed by atoms with E-state index in [-0.39, 0.29) is 25.0 Å². The Bertz CT molecular complexity index is 336. The van der Waals surface area contributed by atoms with Crippen LogP contribution in [0.1, 0.15) is 39.0 Å². The first-order valence-electron chi connectivity index (χ1n) is 6.68. The smallest absolute Gasteiger partial charge is 0.407 e. The molecule has 0 aliphatic heterocycles. The summed E-state index contributed by atoms with van der Waals surface area (Å²) in [5.74, 6) is -0.531. The molecule has 19 heavy (non-hydrogen) atoms. The van der Waals surface area contributed by atoms with Gasteiger partial charge in [0.05, 0.1) is 12.3 Å². The van der Waals surface area contributed by atoms with Crippen LogP contribution in [0.4, 0.5) is 4.79 Å². The average molecular weight is 270 g/mol. The van der Waals surface area contributed by atoms with E-state index in [1.807, 2.05) is 0 Å². The molecule has 0 heterocycles. The quantitative estimate of drug-likeness (QED) is 0.583. The number of nitrogens with one attached hydrogen (secondary N) is 1. The molecule has 0 bridgehead atoms. The summed E-state index contributed by atoms with van der Waals surface area (Å²) >= 11 is 0. The molecular weight excluding hydrogens is 248 g/mol. The van der Waals surface area contributed by atoms with E-state index in [0.29, 0.717) is 0 Å². The first-order chi connectivity index (χ1) is 9.11. The van der Waals surface area contributed by atoms with Crippen LogP contribution in [0, 0.1) is 0 Å². The summed E-state index contributed by atoms with van der Waals surface area (Å²) in [6, 6.07) is 0.191. The standard InChI is InChI=1S/C13H22N2O4/c1-2-18-12(16)8-10(14)9-19-13(17)15-11-6-4-3-5-7-11/h8,11H,2-7,9,14H2,1H3,(H,15,17)/b10-8-. The Labute approximate surface area is 113 Å². The summed E-state index contributed by atoms with van der Waals surface area (Å²) in [6.45, 7) is 1.87. The molecule has 1 rings (SSSR count). The van der Waals surface area contributed by atoms with Crippen molar-refractivity contribution in [2.45, 2.75) is 45.1 Å². The van der Waals surface area contributed by atoms with Crippen molar-refractivity contribution in [3.63, 3.8) is 0 Å². The van der Waals surface area contributed by atoms with Gasteiger partial charge in [-0.25, -0.2) is 9.59 Å². The van der Waals surface area contributed by atoms with Crippen molar-refractivity contribution in [1.82, 2.24) is 5.32 Å². The summed E-state index contributed by atoms with van der Waals surface area (Å²) in [5, 5.41) is 2.79. The zero-order chi connectivity index (χ0) is 14.1. The molecule has 0 radical (unpaired) electrons. The van der Waals surface area contributed by atoms with E-state index in [2.05, 4.69) is 10.1 Å². The van der Waals surface area contributed by atoms with Gasteiger partial charge in [-0.3, -0.25) is 0 Å².